The number of alkyl halides is 3. The summed E-state index contributed by atoms with van der Waals surface area (Å²) in [5.74, 6) is -1.50. The number of halogens is 3. The number of hydrogen-bond acceptors (Lipinski definition) is 5. The van der Waals surface area contributed by atoms with E-state index in [4.69, 9.17) is 5.11 Å². The highest BCUT2D eigenvalue weighted by Crippen LogP contribution is 2.22. The maximum atomic E-state index is 11.7. The molecule has 1 aromatic heterocycles. The maximum Gasteiger partial charge on any atom is 0.522 e. The van der Waals surface area contributed by atoms with Crippen LogP contribution in [0, 0.1) is 6.92 Å². The van der Waals surface area contributed by atoms with Crippen LogP contribution in [0.3, 0.4) is 0 Å². The molecular weight excluding hydrogens is 289 g/mol. The van der Waals surface area contributed by atoms with Crippen molar-refractivity contribution in [2.45, 2.75) is 18.3 Å². The summed E-state index contributed by atoms with van der Waals surface area (Å²) in [6.45, 7) is 0.698. The van der Waals surface area contributed by atoms with Crippen molar-refractivity contribution in [3.05, 3.63) is 21.7 Å². The van der Waals surface area contributed by atoms with Crippen molar-refractivity contribution in [3.63, 3.8) is 0 Å². The number of nitrogens with one attached hydrogen (secondary N) is 1. The number of nitrogens with zero attached hydrogens (tertiary/aromatic N) is 1. The van der Waals surface area contributed by atoms with Crippen molar-refractivity contribution >= 4 is 17.7 Å². The van der Waals surface area contributed by atoms with E-state index in [9.17, 15) is 22.8 Å². The van der Waals surface area contributed by atoms with Gasteiger partial charge in [0.1, 0.15) is 10.6 Å². The van der Waals surface area contributed by atoms with Crippen LogP contribution in [-0.2, 0) is 4.74 Å². The summed E-state index contributed by atoms with van der Waals surface area (Å²) < 4.78 is 38.7. The van der Waals surface area contributed by atoms with E-state index >= 15 is 0 Å². The van der Waals surface area contributed by atoms with Crippen molar-refractivity contribution in [2.75, 3.05) is 12.4 Å². The fraction of sp³-hybridized carbons (Fsp3) is 0.444. The molecule has 0 aliphatic heterocycles. The Balaban J connectivity index is 2.78. The second-order valence-electron chi connectivity index (χ2n) is 3.29. The Hall–Kier alpha value is -1.55. The number of carboxylic acid groups (broad SMARTS) is 1. The first kappa shape index (κ1) is 15.5. The third kappa shape index (κ3) is 4.91. The van der Waals surface area contributed by atoms with E-state index in [-0.39, 0.29) is 22.0 Å². The Bertz CT molecular complexity index is 529. The van der Waals surface area contributed by atoms with Crippen LogP contribution < -0.4 is 5.69 Å². The SMILES string of the molecule is Cc1[nH]c(=O)nc(SCCOC(F)(F)F)c1C(=O)O. The number of hydrogen-bond donors (Lipinski definition) is 2. The van der Waals surface area contributed by atoms with E-state index in [1.165, 1.54) is 6.92 Å². The fourth-order valence-corrected chi connectivity index (χ4v) is 2.10. The van der Waals surface area contributed by atoms with Gasteiger partial charge in [-0.3, -0.25) is 4.74 Å². The molecule has 0 fully saturated rings. The Morgan fingerprint density at radius 3 is 2.68 bits per heavy atom. The van der Waals surface area contributed by atoms with Gasteiger partial charge in [-0.25, -0.2) is 9.59 Å². The lowest BCUT2D eigenvalue weighted by Gasteiger charge is -2.08. The molecule has 0 saturated carbocycles. The Kier molecular flexibility index (Phi) is 4.95. The molecule has 10 heteroatoms. The minimum Gasteiger partial charge on any atom is -0.478 e. The van der Waals surface area contributed by atoms with Crippen molar-refractivity contribution in [2.24, 2.45) is 0 Å². The zero-order valence-corrected chi connectivity index (χ0v) is 10.4. The highest BCUT2D eigenvalue weighted by molar-refractivity contribution is 7.99. The molecule has 1 rings (SSSR count). The van der Waals surface area contributed by atoms with Crippen LogP contribution in [0.1, 0.15) is 16.1 Å². The van der Waals surface area contributed by atoms with E-state index in [1.54, 1.807) is 0 Å². The first-order valence-corrected chi connectivity index (χ1v) is 5.87. The summed E-state index contributed by atoms with van der Waals surface area (Å²) in [5, 5.41) is 8.80. The lowest BCUT2D eigenvalue weighted by molar-refractivity contribution is -0.322. The van der Waals surface area contributed by atoms with Gasteiger partial charge < -0.3 is 10.1 Å². The third-order valence-corrected chi connectivity index (χ3v) is 2.83. The standard InChI is InChI=1S/C9H9F3N2O4S/c1-4-5(7(15)16)6(14-8(17)13-4)19-3-2-18-9(10,11)12/h2-3H2,1H3,(H,15,16)(H,13,14,17). The number of aryl methyl sites for hydroxylation is 1. The van der Waals surface area contributed by atoms with Crippen LogP contribution >= 0.6 is 11.8 Å². The van der Waals surface area contributed by atoms with E-state index in [2.05, 4.69) is 14.7 Å². The number of carbonyl (C=O) groups is 1. The summed E-state index contributed by atoms with van der Waals surface area (Å²) in [6.07, 6.45) is -4.74. The Morgan fingerprint density at radius 1 is 1.53 bits per heavy atom. The van der Waals surface area contributed by atoms with E-state index in [0.717, 1.165) is 0 Å². The van der Waals surface area contributed by atoms with Crippen LogP contribution in [0.25, 0.3) is 0 Å². The van der Waals surface area contributed by atoms with Crippen LogP contribution in [0.15, 0.2) is 9.82 Å². The number of aromatic amines is 1. The summed E-state index contributed by atoms with van der Waals surface area (Å²) in [4.78, 5) is 27.7. The molecule has 106 valence electrons. The van der Waals surface area contributed by atoms with Gasteiger partial charge in [-0.1, -0.05) is 0 Å². The molecule has 0 bridgehead atoms. The molecule has 1 heterocycles. The number of thioether (sulfide) groups is 1. The molecule has 2 N–H and O–H groups in total. The van der Waals surface area contributed by atoms with Gasteiger partial charge in [0.2, 0.25) is 0 Å². The van der Waals surface area contributed by atoms with Gasteiger partial charge >= 0.3 is 18.0 Å². The van der Waals surface area contributed by atoms with E-state index in [0.29, 0.717) is 11.8 Å². The van der Waals surface area contributed by atoms with Crippen LogP contribution in [0.2, 0.25) is 0 Å². The molecule has 0 aliphatic carbocycles. The van der Waals surface area contributed by atoms with E-state index in [1.807, 2.05) is 0 Å². The summed E-state index contributed by atoms with van der Waals surface area (Å²) >= 11 is 0.707. The molecule has 0 saturated heterocycles. The van der Waals surface area contributed by atoms with Crippen molar-refractivity contribution in [1.29, 1.82) is 0 Å². The minimum atomic E-state index is -4.74. The number of H-pyrrole nitrogens is 1. The fourth-order valence-electron chi connectivity index (χ4n) is 1.21. The molecule has 19 heavy (non-hydrogen) atoms. The summed E-state index contributed by atoms with van der Waals surface area (Å²) in [6, 6.07) is 0. The molecule has 6 nitrogen and oxygen atoms in total. The highest BCUT2D eigenvalue weighted by atomic mass is 32.2. The van der Waals surface area contributed by atoms with Gasteiger partial charge in [0.15, 0.2) is 0 Å². The van der Waals surface area contributed by atoms with Gasteiger partial charge in [0.25, 0.3) is 0 Å². The molecular formula is C9H9F3N2O4S. The number of rotatable bonds is 5. The predicted octanol–water partition coefficient (Wildman–Crippen LogP) is 1.41. The average Bonchev–Trinajstić information content (AvgIpc) is 2.21. The van der Waals surface area contributed by atoms with Crippen LogP contribution in [0.4, 0.5) is 13.2 Å². The van der Waals surface area contributed by atoms with Gasteiger partial charge in [0, 0.05) is 11.4 Å². The number of aromatic nitrogens is 2. The average molecular weight is 298 g/mol. The van der Waals surface area contributed by atoms with Gasteiger partial charge in [-0.15, -0.1) is 24.9 Å². The smallest absolute Gasteiger partial charge is 0.478 e. The van der Waals surface area contributed by atoms with Crippen molar-refractivity contribution in [3.8, 4) is 0 Å². The van der Waals surface area contributed by atoms with Gasteiger partial charge in [-0.2, -0.15) is 4.98 Å². The maximum absolute atomic E-state index is 11.7. The first-order chi connectivity index (χ1) is 8.70. The largest absolute Gasteiger partial charge is 0.522 e. The number of carboxylic acids is 1. The summed E-state index contributed by atoms with van der Waals surface area (Å²) in [5.41, 5.74) is -0.912. The minimum absolute atomic E-state index is 0.0896. The molecule has 0 amide bonds. The number of aromatic carboxylic acids is 1. The van der Waals surface area contributed by atoms with Gasteiger partial charge in [-0.05, 0) is 6.92 Å². The van der Waals surface area contributed by atoms with Crippen molar-refractivity contribution < 1.29 is 27.8 Å². The third-order valence-electron chi connectivity index (χ3n) is 1.89. The van der Waals surface area contributed by atoms with Crippen molar-refractivity contribution in [1.82, 2.24) is 9.97 Å². The number of ether oxygens (including phenoxy) is 1. The predicted molar refractivity (Wildman–Crippen MR) is 59.3 cm³/mol. The molecule has 0 spiro atoms. The monoisotopic (exact) mass is 298 g/mol. The lowest BCUT2D eigenvalue weighted by atomic mass is 10.2. The quantitative estimate of drug-likeness (QED) is 0.485. The summed E-state index contributed by atoms with van der Waals surface area (Å²) in [7, 11) is 0. The van der Waals surface area contributed by atoms with Crippen LogP contribution in [0.5, 0.6) is 0 Å². The normalized spacial score (nSPS) is 11.6. The topological polar surface area (TPSA) is 92.3 Å². The second-order valence-corrected chi connectivity index (χ2v) is 4.38. The Morgan fingerprint density at radius 2 is 2.16 bits per heavy atom. The Labute approximate surface area is 109 Å². The molecule has 0 unspecified atom stereocenters. The zero-order valence-electron chi connectivity index (χ0n) is 9.58. The lowest BCUT2D eigenvalue weighted by Crippen LogP contribution is -2.19. The molecule has 1 aromatic rings. The molecule has 0 aromatic carbocycles. The molecule has 0 aliphatic rings. The highest BCUT2D eigenvalue weighted by Gasteiger charge is 2.28. The molecule has 0 atom stereocenters. The second kappa shape index (κ2) is 6.06. The first-order valence-electron chi connectivity index (χ1n) is 4.88. The van der Waals surface area contributed by atoms with Gasteiger partial charge in [0.05, 0.1) is 6.61 Å². The molecule has 0 radical (unpaired) electrons. The van der Waals surface area contributed by atoms with E-state index < -0.39 is 24.6 Å². The van der Waals surface area contributed by atoms with Crippen LogP contribution in [-0.4, -0.2) is 39.8 Å². The zero-order chi connectivity index (χ0) is 14.6.